The summed E-state index contributed by atoms with van der Waals surface area (Å²) in [6.45, 7) is 7.92. The second-order valence-electron chi connectivity index (χ2n) is 11.9. The van der Waals surface area contributed by atoms with Crippen molar-refractivity contribution >= 4 is 11.8 Å². The molecule has 43 heavy (non-hydrogen) atoms. The Morgan fingerprint density at radius 3 is 2.09 bits per heavy atom. The van der Waals surface area contributed by atoms with Crippen molar-refractivity contribution in [2.45, 2.75) is 71.2 Å². The summed E-state index contributed by atoms with van der Waals surface area (Å²) < 4.78 is 31.4. The molecule has 0 radical (unpaired) electrons. The summed E-state index contributed by atoms with van der Waals surface area (Å²) in [5.41, 5.74) is 3.79. The third kappa shape index (κ3) is 5.93. The number of nitrogens with one attached hydrogen (secondary N) is 1. The van der Waals surface area contributed by atoms with Gasteiger partial charge in [-0.3, -0.25) is 9.13 Å². The zero-order valence-electron chi connectivity index (χ0n) is 26.1. The number of aromatic nitrogens is 2. The van der Waals surface area contributed by atoms with Crippen LogP contribution in [0.25, 0.3) is 11.3 Å². The summed E-state index contributed by atoms with van der Waals surface area (Å²) in [5, 5.41) is 2.92. The highest BCUT2D eigenvalue weighted by molar-refractivity contribution is 5.70. The lowest BCUT2D eigenvalue weighted by atomic mass is 9.86. The molecular weight excluding hydrogens is 552 g/mol. The van der Waals surface area contributed by atoms with Crippen molar-refractivity contribution in [3.8, 4) is 34.3 Å². The van der Waals surface area contributed by atoms with Gasteiger partial charge in [-0.25, -0.2) is 14.6 Å². The number of hydrogen-bond acceptors (Lipinski definition) is 8. The zero-order valence-corrected chi connectivity index (χ0v) is 26.1. The molecule has 230 valence electrons. The van der Waals surface area contributed by atoms with Gasteiger partial charge in [-0.1, -0.05) is 0 Å². The van der Waals surface area contributed by atoms with E-state index >= 15 is 0 Å². The number of alkyl carbamates (subject to hydrolysis) is 1. The standard InChI is InChI=1S/C32H40N4O7/c1-18-11-26(41-7)29(27(12-18)42-8)34-28-17-23-22-16-25(40-6)24(39-5)13-19(22)9-10-35(23)31(38)36(28)21-14-20(15-21)33-30(37)43-32(2,3)4/h11-13,16-17,20-21H,9-10,14-15H2,1-8H3,(H,33,37)/b34-28+. The minimum absolute atomic E-state index is 0.124. The number of benzene rings is 2. The molecule has 0 bridgehead atoms. The van der Waals surface area contributed by atoms with Crippen molar-refractivity contribution in [2.75, 3.05) is 28.4 Å². The molecule has 0 unspecified atom stereocenters. The summed E-state index contributed by atoms with van der Waals surface area (Å²) in [4.78, 5) is 31.7. The molecule has 1 amide bonds. The normalized spacial score (nSPS) is 17.7. The SMILES string of the molecule is COc1cc2c(cc1OC)-c1c/c(=N\c3c(OC)cc(C)cc3OC)n(C3CC(NC(=O)OC(C)(C)C)C3)c(=O)n1CC2. The van der Waals surface area contributed by atoms with E-state index in [1.54, 1.807) is 37.6 Å². The maximum atomic E-state index is 14.3. The van der Waals surface area contributed by atoms with Gasteiger partial charge in [0.2, 0.25) is 0 Å². The Hall–Kier alpha value is -4.41. The lowest BCUT2D eigenvalue weighted by Gasteiger charge is -2.38. The first-order chi connectivity index (χ1) is 20.5. The number of aryl methyl sites for hydroxylation is 2. The van der Waals surface area contributed by atoms with Gasteiger partial charge in [0, 0.05) is 30.3 Å². The number of hydrogen-bond donors (Lipinski definition) is 1. The number of carbonyl (C=O) groups is 1. The Labute approximate surface area is 251 Å². The van der Waals surface area contributed by atoms with Crippen LogP contribution in [0.1, 0.15) is 50.8 Å². The van der Waals surface area contributed by atoms with E-state index in [0.29, 0.717) is 60.0 Å². The Kier molecular flexibility index (Phi) is 8.18. The van der Waals surface area contributed by atoms with Crippen LogP contribution in [0.2, 0.25) is 0 Å². The predicted octanol–water partition coefficient (Wildman–Crippen LogP) is 4.68. The van der Waals surface area contributed by atoms with Crippen LogP contribution in [0.3, 0.4) is 0 Å². The summed E-state index contributed by atoms with van der Waals surface area (Å²) in [5.74, 6) is 2.28. The van der Waals surface area contributed by atoms with Gasteiger partial charge >= 0.3 is 11.8 Å². The first-order valence-corrected chi connectivity index (χ1v) is 14.3. The molecular formula is C32H40N4O7. The topological polar surface area (TPSA) is 115 Å². The van der Waals surface area contributed by atoms with Crippen LogP contribution in [-0.4, -0.2) is 55.3 Å². The molecule has 1 aliphatic heterocycles. The van der Waals surface area contributed by atoms with E-state index in [9.17, 15) is 9.59 Å². The van der Waals surface area contributed by atoms with Crippen LogP contribution < -0.4 is 35.4 Å². The van der Waals surface area contributed by atoms with Gasteiger partial charge in [-0.2, -0.15) is 0 Å². The largest absolute Gasteiger partial charge is 0.494 e. The fraction of sp³-hybridized carbons (Fsp3) is 0.469. The molecule has 2 aliphatic rings. The molecule has 5 rings (SSSR count). The fourth-order valence-corrected chi connectivity index (χ4v) is 5.71. The quantitative estimate of drug-likeness (QED) is 0.424. The number of fused-ring (bicyclic) bond motifs is 3. The maximum absolute atomic E-state index is 14.3. The number of ether oxygens (including phenoxy) is 5. The second-order valence-corrected chi connectivity index (χ2v) is 11.9. The van der Waals surface area contributed by atoms with Gasteiger partial charge in [0.05, 0.1) is 34.1 Å². The average molecular weight is 593 g/mol. The molecule has 2 aromatic carbocycles. The van der Waals surface area contributed by atoms with Gasteiger partial charge < -0.3 is 29.0 Å². The van der Waals surface area contributed by atoms with E-state index in [0.717, 1.165) is 22.4 Å². The summed E-state index contributed by atoms with van der Waals surface area (Å²) >= 11 is 0. The molecule has 11 heteroatoms. The Morgan fingerprint density at radius 2 is 1.51 bits per heavy atom. The minimum atomic E-state index is -0.597. The van der Waals surface area contributed by atoms with E-state index in [1.165, 1.54) is 0 Å². The molecule has 1 aliphatic carbocycles. The molecule has 1 aromatic heterocycles. The summed E-state index contributed by atoms with van der Waals surface area (Å²) in [7, 11) is 6.36. The second kappa shape index (κ2) is 11.7. The Bertz CT molecular complexity index is 1650. The molecule has 11 nitrogen and oxygen atoms in total. The number of amides is 1. The first-order valence-electron chi connectivity index (χ1n) is 14.3. The monoisotopic (exact) mass is 592 g/mol. The van der Waals surface area contributed by atoms with Crippen molar-refractivity contribution < 1.29 is 28.5 Å². The number of methoxy groups -OCH3 is 4. The van der Waals surface area contributed by atoms with E-state index < -0.39 is 11.7 Å². The smallest absolute Gasteiger partial charge is 0.407 e. The molecule has 1 fully saturated rings. The highest BCUT2D eigenvalue weighted by atomic mass is 16.6. The van der Waals surface area contributed by atoms with Gasteiger partial charge in [0.1, 0.15) is 28.3 Å². The van der Waals surface area contributed by atoms with E-state index in [2.05, 4.69) is 5.32 Å². The van der Waals surface area contributed by atoms with Gasteiger partial charge in [-0.05, 0) is 82.3 Å². The van der Waals surface area contributed by atoms with Crippen LogP contribution in [0.5, 0.6) is 23.0 Å². The average Bonchev–Trinajstić information content (AvgIpc) is 2.94. The van der Waals surface area contributed by atoms with Crippen molar-refractivity contribution in [1.82, 2.24) is 14.5 Å². The number of nitrogens with zero attached hydrogens (tertiary/aromatic N) is 3. The van der Waals surface area contributed by atoms with Gasteiger partial charge in [0.15, 0.2) is 11.5 Å². The van der Waals surface area contributed by atoms with Crippen molar-refractivity contribution in [2.24, 2.45) is 4.99 Å². The van der Waals surface area contributed by atoms with E-state index in [-0.39, 0.29) is 17.8 Å². The van der Waals surface area contributed by atoms with Crippen LogP contribution in [0.15, 0.2) is 40.1 Å². The molecule has 0 spiro atoms. The van der Waals surface area contributed by atoms with Crippen LogP contribution >= 0.6 is 0 Å². The summed E-state index contributed by atoms with van der Waals surface area (Å²) in [6, 6.07) is 9.26. The Morgan fingerprint density at radius 1 is 0.907 bits per heavy atom. The minimum Gasteiger partial charge on any atom is -0.494 e. The highest BCUT2D eigenvalue weighted by Gasteiger charge is 2.35. The van der Waals surface area contributed by atoms with Crippen molar-refractivity contribution in [3.05, 3.63) is 57.4 Å². The molecule has 3 aromatic rings. The number of carbonyl (C=O) groups excluding carboxylic acids is 1. The van der Waals surface area contributed by atoms with E-state index in [1.807, 2.05) is 58.0 Å². The lowest BCUT2D eigenvalue weighted by Crippen LogP contribution is -2.52. The molecule has 2 heterocycles. The molecule has 1 saturated carbocycles. The zero-order chi connectivity index (χ0) is 31.1. The molecule has 1 N–H and O–H groups in total. The third-order valence-corrected chi connectivity index (χ3v) is 7.78. The maximum Gasteiger partial charge on any atom is 0.407 e. The van der Waals surface area contributed by atoms with Gasteiger partial charge in [-0.15, -0.1) is 0 Å². The predicted molar refractivity (Wildman–Crippen MR) is 162 cm³/mol. The highest BCUT2D eigenvalue weighted by Crippen LogP contribution is 2.40. The first kappa shape index (κ1) is 30.1. The molecule has 0 saturated heterocycles. The third-order valence-electron chi connectivity index (χ3n) is 7.78. The molecule has 0 atom stereocenters. The number of rotatable bonds is 7. The van der Waals surface area contributed by atoms with E-state index in [4.69, 9.17) is 28.7 Å². The lowest BCUT2D eigenvalue weighted by molar-refractivity contribution is 0.0453. The van der Waals surface area contributed by atoms with Crippen molar-refractivity contribution in [1.29, 1.82) is 0 Å². The van der Waals surface area contributed by atoms with Crippen LogP contribution in [-0.2, 0) is 17.7 Å². The van der Waals surface area contributed by atoms with Gasteiger partial charge in [0.25, 0.3) is 0 Å². The fourth-order valence-electron chi connectivity index (χ4n) is 5.71. The van der Waals surface area contributed by atoms with Crippen LogP contribution in [0.4, 0.5) is 10.5 Å². The Balaban J connectivity index is 1.65. The summed E-state index contributed by atoms with van der Waals surface area (Å²) in [6.07, 6.45) is 1.31. The van der Waals surface area contributed by atoms with Crippen LogP contribution in [0, 0.1) is 6.92 Å². The van der Waals surface area contributed by atoms with Crippen molar-refractivity contribution in [3.63, 3.8) is 0 Å².